The molecule has 0 aromatic heterocycles. The zero-order valence-electron chi connectivity index (χ0n) is 12.0. The molecule has 0 aromatic rings. The Bertz CT molecular complexity index is 86.0. The normalized spacial score (nSPS) is 8.44. The molecule has 0 saturated heterocycles. The minimum atomic E-state index is -0.839. The van der Waals surface area contributed by atoms with Crippen LogP contribution in [-0.2, 0) is 0 Å². The van der Waals surface area contributed by atoms with E-state index in [-0.39, 0.29) is 46.4 Å². The Hall–Kier alpha value is 1.93. The van der Waals surface area contributed by atoms with Crippen LogP contribution in [0.2, 0.25) is 13.3 Å². The van der Waals surface area contributed by atoms with E-state index in [0.29, 0.717) is 0 Å². The fourth-order valence-electron chi connectivity index (χ4n) is 1.66. The molecule has 0 fully saturated rings. The molecule has 0 saturated carbocycles. The second-order valence-corrected chi connectivity index (χ2v) is 12.6. The average molecular weight is 335 g/mol. The second-order valence-electron chi connectivity index (χ2n) is 4.06. The van der Waals surface area contributed by atoms with E-state index < -0.39 is 19.8 Å². The van der Waals surface area contributed by atoms with E-state index in [1.165, 1.54) is 38.5 Å². The summed E-state index contributed by atoms with van der Waals surface area (Å²) in [6, 6.07) is 0. The fourth-order valence-corrected chi connectivity index (χ4v) is 11.1. The molecule has 0 atom stereocenters. The Kier molecular flexibility index (Phi) is 36.6. The molecule has 0 aromatic carbocycles. The summed E-state index contributed by atoms with van der Waals surface area (Å²) in [5, 5.41) is 0. The van der Waals surface area contributed by atoms with Gasteiger partial charge in [-0.15, -0.1) is 0 Å². The van der Waals surface area contributed by atoms with Crippen molar-refractivity contribution in [2.24, 2.45) is 0 Å². The maximum atomic E-state index is 2.33. The van der Waals surface area contributed by atoms with Gasteiger partial charge in [0.15, 0.2) is 0 Å². The zero-order valence-corrected chi connectivity index (χ0v) is 16.9. The molecule has 16 heavy (non-hydrogen) atoms. The van der Waals surface area contributed by atoms with Crippen molar-refractivity contribution >= 4 is 36.6 Å². The first kappa shape index (κ1) is 26.5. The van der Waals surface area contributed by atoms with Crippen LogP contribution in [0.15, 0.2) is 0 Å². The molecule has 8 radical (unpaired) electrons. The molecule has 0 nitrogen and oxygen atoms in total. The zero-order chi connectivity index (χ0) is 9.94. The monoisotopic (exact) mass is 336 g/mol. The van der Waals surface area contributed by atoms with Crippen molar-refractivity contribution in [3.8, 4) is 0 Å². The Balaban J connectivity index is -0.000000240. The Labute approximate surface area is 137 Å². The van der Waals surface area contributed by atoms with E-state index in [9.17, 15) is 0 Å². The SMILES string of the molecule is CCC[CH2][Sn+]([CH2]CCC)[CH2]CCC.[B-].[B-].[Na+]. The van der Waals surface area contributed by atoms with Gasteiger partial charge in [-0.3, -0.25) is 0 Å². The molecule has 0 N–H and O–H groups in total. The van der Waals surface area contributed by atoms with Crippen molar-refractivity contribution in [2.75, 3.05) is 0 Å². The number of hydrogen-bond donors (Lipinski definition) is 0. The summed E-state index contributed by atoms with van der Waals surface area (Å²) in [6.07, 6.45) is 8.85. The molecule has 0 unspecified atom stereocenters. The topological polar surface area (TPSA) is 0 Å². The summed E-state index contributed by atoms with van der Waals surface area (Å²) in [5.74, 6) is 0. The van der Waals surface area contributed by atoms with Gasteiger partial charge < -0.3 is 16.8 Å². The molecule has 4 heteroatoms. The van der Waals surface area contributed by atoms with E-state index in [2.05, 4.69) is 20.8 Å². The number of rotatable bonds is 9. The average Bonchev–Trinajstić information content (AvgIpc) is 2.17. The third-order valence-electron chi connectivity index (χ3n) is 2.65. The molecule has 86 valence electrons. The summed E-state index contributed by atoms with van der Waals surface area (Å²) in [6.45, 7) is 7.00. The van der Waals surface area contributed by atoms with Gasteiger partial charge in [-0.1, -0.05) is 0 Å². The molecular weight excluding hydrogens is 307 g/mol. The van der Waals surface area contributed by atoms with E-state index in [4.69, 9.17) is 0 Å². The van der Waals surface area contributed by atoms with Crippen molar-refractivity contribution in [1.29, 1.82) is 0 Å². The van der Waals surface area contributed by atoms with Gasteiger partial charge in [0.2, 0.25) is 0 Å². The minimum Gasteiger partial charge on any atom is -1.00 e. The van der Waals surface area contributed by atoms with E-state index in [0.717, 1.165) is 0 Å². The second kappa shape index (κ2) is 22.1. The molecule has 0 aliphatic heterocycles. The van der Waals surface area contributed by atoms with Gasteiger partial charge >= 0.3 is 122 Å². The van der Waals surface area contributed by atoms with Crippen LogP contribution in [0.4, 0.5) is 0 Å². The first-order valence-corrected chi connectivity index (χ1v) is 12.2. The summed E-state index contributed by atoms with van der Waals surface area (Å²) >= 11 is -0.839. The van der Waals surface area contributed by atoms with Crippen LogP contribution in [-0.4, -0.2) is 36.6 Å². The largest absolute Gasteiger partial charge is 1.00 e. The van der Waals surface area contributed by atoms with Crippen LogP contribution >= 0.6 is 0 Å². The third-order valence-corrected chi connectivity index (χ3v) is 11.7. The quantitative estimate of drug-likeness (QED) is 0.555. The Morgan fingerprint density at radius 1 is 0.625 bits per heavy atom. The molecule has 0 aliphatic rings. The van der Waals surface area contributed by atoms with Gasteiger partial charge in [-0.05, 0) is 0 Å². The van der Waals surface area contributed by atoms with Gasteiger partial charge in [-0.25, -0.2) is 0 Å². The molecule has 0 bridgehead atoms. The van der Waals surface area contributed by atoms with Crippen LogP contribution in [0.1, 0.15) is 59.3 Å². The van der Waals surface area contributed by atoms with E-state index in [1.54, 1.807) is 13.3 Å². The standard InChI is InChI=1S/3C4H9.2B.Na.Sn/c3*1-3-4-2;;;;/h3*1,3-4H2,2H3;;;;/q;;;2*-1;2*+1. The first-order valence-electron chi connectivity index (χ1n) is 6.18. The maximum absolute atomic E-state index is 2.33. The maximum Gasteiger partial charge on any atom is 1.00 e. The molecule has 0 rings (SSSR count). The molecule has 0 aliphatic carbocycles. The smallest absolute Gasteiger partial charge is 1.00 e. The van der Waals surface area contributed by atoms with Crippen LogP contribution in [0, 0.1) is 0 Å². The van der Waals surface area contributed by atoms with Gasteiger partial charge in [0, 0.05) is 0 Å². The van der Waals surface area contributed by atoms with Gasteiger partial charge in [-0.2, -0.15) is 0 Å². The summed E-state index contributed by atoms with van der Waals surface area (Å²) in [7, 11) is 0. The van der Waals surface area contributed by atoms with Crippen LogP contribution < -0.4 is 29.6 Å². The van der Waals surface area contributed by atoms with E-state index in [1.807, 2.05) is 0 Å². The Morgan fingerprint density at radius 2 is 0.875 bits per heavy atom. The molecule has 0 spiro atoms. The van der Waals surface area contributed by atoms with Crippen molar-refractivity contribution in [3.63, 3.8) is 0 Å². The molecular formula is C12H27B2NaSn. The van der Waals surface area contributed by atoms with Crippen molar-refractivity contribution < 1.29 is 29.6 Å². The third kappa shape index (κ3) is 18.3. The molecule has 0 amide bonds. The van der Waals surface area contributed by atoms with Crippen molar-refractivity contribution in [1.82, 2.24) is 0 Å². The number of unbranched alkanes of at least 4 members (excludes halogenated alkanes) is 3. The van der Waals surface area contributed by atoms with Crippen molar-refractivity contribution in [3.05, 3.63) is 0 Å². The summed E-state index contributed by atoms with van der Waals surface area (Å²) in [5.41, 5.74) is 0. The predicted octanol–water partition coefficient (Wildman–Crippen LogP) is 1.12. The predicted molar refractivity (Wildman–Crippen MR) is 76.4 cm³/mol. The van der Waals surface area contributed by atoms with Gasteiger partial charge in [0.25, 0.3) is 0 Å². The van der Waals surface area contributed by atoms with Crippen LogP contribution in [0.3, 0.4) is 0 Å². The first-order chi connectivity index (χ1) is 6.35. The summed E-state index contributed by atoms with van der Waals surface area (Å²) < 4.78 is 5.04. The van der Waals surface area contributed by atoms with Crippen molar-refractivity contribution in [2.45, 2.75) is 72.6 Å². The van der Waals surface area contributed by atoms with E-state index >= 15 is 0 Å². The molecule has 0 heterocycles. The summed E-state index contributed by atoms with van der Waals surface area (Å²) in [4.78, 5) is 0. The van der Waals surface area contributed by atoms with Crippen LogP contribution in [0.25, 0.3) is 0 Å². The minimum absolute atomic E-state index is 0. The van der Waals surface area contributed by atoms with Gasteiger partial charge in [0.1, 0.15) is 0 Å². The Morgan fingerprint density at radius 3 is 1.06 bits per heavy atom. The fraction of sp³-hybridized carbons (Fsp3) is 1.00. The number of hydrogen-bond acceptors (Lipinski definition) is 0. The van der Waals surface area contributed by atoms with Gasteiger partial charge in [0.05, 0.1) is 0 Å². The van der Waals surface area contributed by atoms with Crippen LogP contribution in [0.5, 0.6) is 0 Å².